The first-order valence-electron chi connectivity index (χ1n) is 6.02. The van der Waals surface area contributed by atoms with Crippen molar-refractivity contribution in [2.24, 2.45) is 0 Å². The second-order valence-corrected chi connectivity index (χ2v) is 5.07. The summed E-state index contributed by atoms with van der Waals surface area (Å²) in [5.41, 5.74) is -0.112. The second-order valence-electron chi connectivity index (χ2n) is 5.07. The minimum Gasteiger partial charge on any atom is -0.393 e. The van der Waals surface area contributed by atoms with Gasteiger partial charge in [0, 0.05) is 13.5 Å². The molecule has 0 fully saturated rings. The molecule has 0 spiro atoms. The van der Waals surface area contributed by atoms with E-state index in [-0.39, 0.29) is 17.6 Å². The number of methoxy groups -OCH3 is 1. The normalized spacial score (nSPS) is 13.7. The minimum absolute atomic E-state index is 0.114. The Morgan fingerprint density at radius 3 is 2.61 bits per heavy atom. The highest BCUT2D eigenvalue weighted by Gasteiger charge is 2.19. The summed E-state index contributed by atoms with van der Waals surface area (Å²) < 4.78 is 31.6. The van der Waals surface area contributed by atoms with Crippen molar-refractivity contribution in [3.8, 4) is 0 Å². The van der Waals surface area contributed by atoms with Gasteiger partial charge in [-0.05, 0) is 38.3 Å². The summed E-state index contributed by atoms with van der Waals surface area (Å²) in [6.07, 6.45) is 0.553. The van der Waals surface area contributed by atoms with Crippen LogP contribution in [0.15, 0.2) is 18.2 Å². The van der Waals surface area contributed by atoms with E-state index in [4.69, 9.17) is 4.74 Å². The predicted molar refractivity (Wildman–Crippen MR) is 66.4 cm³/mol. The number of aliphatic hydroxyl groups is 1. The van der Waals surface area contributed by atoms with E-state index in [9.17, 15) is 13.9 Å². The highest BCUT2D eigenvalue weighted by atomic mass is 19.2. The molecular formula is C14H20F2O2. The van der Waals surface area contributed by atoms with Crippen molar-refractivity contribution in [1.29, 1.82) is 0 Å². The maximum absolute atomic E-state index is 13.4. The lowest BCUT2D eigenvalue weighted by Crippen LogP contribution is -2.25. The summed E-state index contributed by atoms with van der Waals surface area (Å²) in [6.45, 7) is 3.84. The van der Waals surface area contributed by atoms with Crippen molar-refractivity contribution in [1.82, 2.24) is 0 Å². The summed E-state index contributed by atoms with van der Waals surface area (Å²) in [7, 11) is 1.61. The highest BCUT2D eigenvalue weighted by Crippen LogP contribution is 2.19. The molecule has 0 heterocycles. The number of halogens is 2. The lowest BCUT2D eigenvalue weighted by molar-refractivity contribution is 0.00299. The lowest BCUT2D eigenvalue weighted by Gasteiger charge is -2.24. The zero-order chi connectivity index (χ0) is 13.8. The van der Waals surface area contributed by atoms with Crippen LogP contribution in [0, 0.1) is 11.6 Å². The Morgan fingerprint density at radius 2 is 2.00 bits per heavy atom. The van der Waals surface area contributed by atoms with Crippen LogP contribution < -0.4 is 0 Å². The molecule has 4 heteroatoms. The van der Waals surface area contributed by atoms with Gasteiger partial charge in [-0.2, -0.15) is 0 Å². The molecule has 0 amide bonds. The maximum atomic E-state index is 13.4. The zero-order valence-corrected chi connectivity index (χ0v) is 11.0. The van der Waals surface area contributed by atoms with Crippen LogP contribution in [0.25, 0.3) is 0 Å². The van der Waals surface area contributed by atoms with Gasteiger partial charge in [0.05, 0.1) is 11.7 Å². The van der Waals surface area contributed by atoms with Gasteiger partial charge in [0.1, 0.15) is 0 Å². The van der Waals surface area contributed by atoms with Crippen LogP contribution in [0.1, 0.15) is 32.3 Å². The smallest absolute Gasteiger partial charge is 0.162 e. The van der Waals surface area contributed by atoms with E-state index in [0.717, 1.165) is 6.07 Å². The molecule has 1 rings (SSSR count). The van der Waals surface area contributed by atoms with Crippen LogP contribution in [0.3, 0.4) is 0 Å². The standard InChI is InChI=1S/C14H20F2O2/c1-14(2,18-3)8-7-11(17)9-10-5-4-6-12(15)13(10)16/h4-6,11,17H,7-9H2,1-3H3. The Kier molecular flexibility index (Phi) is 5.23. The number of ether oxygens (including phenoxy) is 1. The summed E-state index contributed by atoms with van der Waals surface area (Å²) in [4.78, 5) is 0. The van der Waals surface area contributed by atoms with E-state index < -0.39 is 17.7 Å². The number of hydrogen-bond acceptors (Lipinski definition) is 2. The van der Waals surface area contributed by atoms with Crippen LogP contribution in [0.4, 0.5) is 8.78 Å². The summed E-state index contributed by atoms with van der Waals surface area (Å²) in [5.74, 6) is -1.75. The van der Waals surface area contributed by atoms with Crippen LogP contribution in [-0.4, -0.2) is 23.9 Å². The molecule has 0 bridgehead atoms. The molecule has 0 aliphatic rings. The van der Waals surface area contributed by atoms with Crippen LogP contribution >= 0.6 is 0 Å². The maximum Gasteiger partial charge on any atom is 0.162 e. The fraction of sp³-hybridized carbons (Fsp3) is 0.571. The van der Waals surface area contributed by atoms with Crippen molar-refractivity contribution >= 4 is 0 Å². The fourth-order valence-corrected chi connectivity index (χ4v) is 1.68. The Labute approximate surface area is 107 Å². The zero-order valence-electron chi connectivity index (χ0n) is 11.0. The molecule has 1 aromatic carbocycles. The molecular weight excluding hydrogens is 238 g/mol. The second kappa shape index (κ2) is 6.25. The molecule has 0 saturated heterocycles. The number of hydrogen-bond donors (Lipinski definition) is 1. The minimum atomic E-state index is -0.878. The van der Waals surface area contributed by atoms with Gasteiger partial charge >= 0.3 is 0 Å². The molecule has 0 aliphatic heterocycles. The quantitative estimate of drug-likeness (QED) is 0.849. The Morgan fingerprint density at radius 1 is 1.33 bits per heavy atom. The van der Waals surface area contributed by atoms with Crippen LogP contribution in [-0.2, 0) is 11.2 Å². The van der Waals surface area contributed by atoms with Crippen molar-refractivity contribution in [3.63, 3.8) is 0 Å². The number of benzene rings is 1. The van der Waals surface area contributed by atoms with Gasteiger partial charge in [-0.25, -0.2) is 8.78 Å². The van der Waals surface area contributed by atoms with Gasteiger partial charge in [-0.1, -0.05) is 12.1 Å². The van der Waals surface area contributed by atoms with Crippen LogP contribution in [0.5, 0.6) is 0 Å². The number of aliphatic hydroxyl groups excluding tert-OH is 1. The largest absolute Gasteiger partial charge is 0.393 e. The summed E-state index contributed by atoms with van der Waals surface area (Å²) >= 11 is 0. The third-order valence-corrected chi connectivity index (χ3v) is 3.12. The van der Waals surface area contributed by atoms with E-state index in [0.29, 0.717) is 12.8 Å². The molecule has 1 N–H and O–H groups in total. The molecule has 0 saturated carbocycles. The first-order valence-corrected chi connectivity index (χ1v) is 6.02. The Bertz CT molecular complexity index is 391. The molecule has 18 heavy (non-hydrogen) atoms. The molecule has 0 aromatic heterocycles. The van der Waals surface area contributed by atoms with E-state index in [1.165, 1.54) is 12.1 Å². The first-order chi connectivity index (χ1) is 8.35. The molecule has 0 aliphatic carbocycles. The Balaban J connectivity index is 2.55. The van der Waals surface area contributed by atoms with E-state index in [2.05, 4.69) is 0 Å². The highest BCUT2D eigenvalue weighted by molar-refractivity contribution is 5.19. The van der Waals surface area contributed by atoms with Gasteiger partial charge in [0.2, 0.25) is 0 Å². The van der Waals surface area contributed by atoms with Gasteiger partial charge in [0.15, 0.2) is 11.6 Å². The monoisotopic (exact) mass is 258 g/mol. The fourth-order valence-electron chi connectivity index (χ4n) is 1.68. The van der Waals surface area contributed by atoms with Crippen LogP contribution in [0.2, 0.25) is 0 Å². The first kappa shape index (κ1) is 15.1. The van der Waals surface area contributed by atoms with Gasteiger partial charge in [-0.15, -0.1) is 0 Å². The van der Waals surface area contributed by atoms with E-state index >= 15 is 0 Å². The molecule has 1 unspecified atom stereocenters. The average molecular weight is 258 g/mol. The van der Waals surface area contributed by atoms with E-state index in [1.54, 1.807) is 7.11 Å². The molecule has 0 radical (unpaired) electrons. The van der Waals surface area contributed by atoms with Crippen molar-refractivity contribution in [2.75, 3.05) is 7.11 Å². The summed E-state index contributed by atoms with van der Waals surface area (Å²) in [6, 6.07) is 4.00. The van der Waals surface area contributed by atoms with Gasteiger partial charge in [-0.3, -0.25) is 0 Å². The predicted octanol–water partition coefficient (Wildman–Crippen LogP) is 3.07. The topological polar surface area (TPSA) is 29.5 Å². The lowest BCUT2D eigenvalue weighted by atomic mass is 9.96. The van der Waals surface area contributed by atoms with Gasteiger partial charge in [0.25, 0.3) is 0 Å². The summed E-state index contributed by atoms with van der Waals surface area (Å²) in [5, 5.41) is 9.83. The molecule has 1 aromatic rings. The Hall–Kier alpha value is -1.00. The van der Waals surface area contributed by atoms with E-state index in [1.807, 2.05) is 13.8 Å². The third kappa shape index (κ3) is 4.35. The number of rotatable bonds is 6. The molecule has 1 atom stereocenters. The third-order valence-electron chi connectivity index (χ3n) is 3.12. The molecule has 102 valence electrons. The molecule has 2 nitrogen and oxygen atoms in total. The van der Waals surface area contributed by atoms with Crippen molar-refractivity contribution < 1.29 is 18.6 Å². The average Bonchev–Trinajstić information content (AvgIpc) is 2.33. The SMILES string of the molecule is COC(C)(C)CCC(O)Cc1cccc(F)c1F. The van der Waals surface area contributed by atoms with Gasteiger partial charge < -0.3 is 9.84 Å². The van der Waals surface area contributed by atoms with Crippen molar-refractivity contribution in [3.05, 3.63) is 35.4 Å². The van der Waals surface area contributed by atoms with Crippen molar-refractivity contribution in [2.45, 2.75) is 44.8 Å².